The summed E-state index contributed by atoms with van der Waals surface area (Å²) in [5.74, 6) is 0. The number of allylic oxidation sites excluding steroid dienone is 2. The summed E-state index contributed by atoms with van der Waals surface area (Å²) < 4.78 is 0. The maximum Gasteiger partial charge on any atom is 0.129 e. The second-order valence-corrected chi connectivity index (χ2v) is 4.53. The van der Waals surface area contributed by atoms with Gasteiger partial charge in [0, 0.05) is 0 Å². The number of hydrogen-bond donors (Lipinski definition) is 0. The van der Waals surface area contributed by atoms with Crippen LogP contribution >= 0.6 is 0 Å². The summed E-state index contributed by atoms with van der Waals surface area (Å²) in [6, 6.07) is 23.8. The van der Waals surface area contributed by atoms with Crippen LogP contribution < -0.4 is 0 Å². The smallest absolute Gasteiger partial charge is 0.129 e. The molecule has 0 aromatic heterocycles. The molecule has 0 N–H and O–H groups in total. The molecule has 0 saturated carbocycles. The Hall–Kier alpha value is -2.84. The lowest BCUT2D eigenvalue weighted by Crippen LogP contribution is -1.99. The fourth-order valence-corrected chi connectivity index (χ4v) is 2.11. The van der Waals surface area contributed by atoms with Crippen LogP contribution in [0, 0.1) is 22.7 Å². The van der Waals surface area contributed by atoms with Crippen LogP contribution in [0.4, 0.5) is 0 Å². The number of nitriles is 2. The molecule has 0 radical (unpaired) electrons. The first-order valence-corrected chi connectivity index (χ1v) is 6.43. The first kappa shape index (κ1) is 13.6. The Morgan fingerprint density at radius 1 is 0.700 bits per heavy atom. The third-order valence-electron chi connectivity index (χ3n) is 3.10. The molecule has 2 nitrogen and oxygen atoms in total. The largest absolute Gasteiger partial charge is 0.192 e. The molecule has 2 aromatic carbocycles. The van der Waals surface area contributed by atoms with Crippen molar-refractivity contribution >= 4 is 0 Å². The fourth-order valence-electron chi connectivity index (χ4n) is 2.11. The van der Waals surface area contributed by atoms with Crippen molar-refractivity contribution in [3.05, 3.63) is 82.9 Å². The summed E-state index contributed by atoms with van der Waals surface area (Å²) in [4.78, 5) is 0. The van der Waals surface area contributed by atoms with Gasteiger partial charge in [0.05, 0.1) is 0 Å². The zero-order chi connectivity index (χ0) is 14.2. The van der Waals surface area contributed by atoms with Gasteiger partial charge in [-0.25, -0.2) is 0 Å². The Bertz CT molecular complexity index is 611. The van der Waals surface area contributed by atoms with Crippen molar-refractivity contribution < 1.29 is 0 Å². The third-order valence-corrected chi connectivity index (χ3v) is 3.10. The van der Waals surface area contributed by atoms with E-state index in [9.17, 15) is 0 Å². The molecule has 0 spiro atoms. The molecule has 0 unspecified atom stereocenters. The maximum absolute atomic E-state index is 9.12. The molecule has 2 heteroatoms. The van der Waals surface area contributed by atoms with Crippen molar-refractivity contribution in [2.75, 3.05) is 0 Å². The van der Waals surface area contributed by atoms with Gasteiger partial charge in [0.2, 0.25) is 0 Å². The highest BCUT2D eigenvalue weighted by atomic mass is 14.3. The van der Waals surface area contributed by atoms with Gasteiger partial charge in [0.15, 0.2) is 0 Å². The second-order valence-electron chi connectivity index (χ2n) is 4.53. The van der Waals surface area contributed by atoms with Crippen LogP contribution in [-0.2, 0) is 12.8 Å². The molecule has 2 aromatic rings. The lowest BCUT2D eigenvalue weighted by Gasteiger charge is -2.08. The Labute approximate surface area is 119 Å². The van der Waals surface area contributed by atoms with E-state index in [1.54, 1.807) is 0 Å². The van der Waals surface area contributed by atoms with Gasteiger partial charge in [-0.2, -0.15) is 10.5 Å². The normalized spacial score (nSPS) is 9.30. The van der Waals surface area contributed by atoms with Crippen molar-refractivity contribution in [2.45, 2.75) is 12.8 Å². The zero-order valence-electron chi connectivity index (χ0n) is 11.1. The summed E-state index contributed by atoms with van der Waals surface area (Å²) in [5, 5.41) is 18.2. The molecule has 0 saturated heterocycles. The van der Waals surface area contributed by atoms with E-state index in [-0.39, 0.29) is 5.57 Å². The Balaban J connectivity index is 2.30. The zero-order valence-corrected chi connectivity index (χ0v) is 11.1. The van der Waals surface area contributed by atoms with E-state index in [4.69, 9.17) is 10.5 Å². The molecule has 0 aliphatic carbocycles. The maximum atomic E-state index is 9.12. The Kier molecular flexibility index (Phi) is 4.70. The number of rotatable bonds is 4. The summed E-state index contributed by atoms with van der Waals surface area (Å²) in [7, 11) is 0. The highest BCUT2D eigenvalue weighted by Crippen LogP contribution is 2.17. The van der Waals surface area contributed by atoms with Crippen LogP contribution in [0.3, 0.4) is 0 Å². The van der Waals surface area contributed by atoms with Crippen molar-refractivity contribution in [3.63, 3.8) is 0 Å². The summed E-state index contributed by atoms with van der Waals surface area (Å²) in [6.07, 6.45) is 1.26. The van der Waals surface area contributed by atoms with Crippen LogP contribution in [0.15, 0.2) is 71.8 Å². The van der Waals surface area contributed by atoms with E-state index in [0.717, 1.165) is 16.7 Å². The first-order valence-electron chi connectivity index (χ1n) is 6.43. The monoisotopic (exact) mass is 258 g/mol. The van der Waals surface area contributed by atoms with Gasteiger partial charge in [0.1, 0.15) is 17.7 Å². The standard InChI is InChI=1S/C18H14N2/c19-13-18(14-20)17(11-15-7-3-1-4-8-15)12-16-9-5-2-6-10-16/h1-10H,11-12H2. The Morgan fingerprint density at radius 2 is 1.10 bits per heavy atom. The molecule has 0 aliphatic heterocycles. The van der Waals surface area contributed by atoms with Crippen LogP contribution in [0.5, 0.6) is 0 Å². The van der Waals surface area contributed by atoms with Crippen molar-refractivity contribution in [1.29, 1.82) is 10.5 Å². The molecule has 0 heterocycles. The number of nitrogens with zero attached hydrogens (tertiary/aromatic N) is 2. The van der Waals surface area contributed by atoms with E-state index >= 15 is 0 Å². The average Bonchev–Trinajstić information content (AvgIpc) is 2.50. The second kappa shape index (κ2) is 6.92. The van der Waals surface area contributed by atoms with Crippen LogP contribution in [0.25, 0.3) is 0 Å². The molecule has 0 bridgehead atoms. The van der Waals surface area contributed by atoms with Crippen molar-refractivity contribution in [3.8, 4) is 12.1 Å². The van der Waals surface area contributed by atoms with Crippen LogP contribution in [0.2, 0.25) is 0 Å². The molecule has 96 valence electrons. The summed E-state index contributed by atoms with van der Waals surface area (Å²) in [5.41, 5.74) is 3.31. The fraction of sp³-hybridized carbons (Fsp3) is 0.111. The van der Waals surface area contributed by atoms with Crippen molar-refractivity contribution in [1.82, 2.24) is 0 Å². The third kappa shape index (κ3) is 3.57. The molecule has 20 heavy (non-hydrogen) atoms. The lowest BCUT2D eigenvalue weighted by atomic mass is 9.95. The first-order chi connectivity index (χ1) is 9.83. The minimum atomic E-state index is 0.220. The number of hydrogen-bond acceptors (Lipinski definition) is 2. The molecular formula is C18H14N2. The SMILES string of the molecule is N#CC(C#N)=C(Cc1ccccc1)Cc1ccccc1. The van der Waals surface area contributed by atoms with Gasteiger partial charge in [0.25, 0.3) is 0 Å². The van der Waals surface area contributed by atoms with Crippen molar-refractivity contribution in [2.24, 2.45) is 0 Å². The molecule has 0 amide bonds. The van der Waals surface area contributed by atoms with E-state index in [1.807, 2.05) is 72.8 Å². The minimum absolute atomic E-state index is 0.220. The van der Waals surface area contributed by atoms with Gasteiger partial charge in [-0.1, -0.05) is 60.7 Å². The predicted molar refractivity (Wildman–Crippen MR) is 78.5 cm³/mol. The summed E-state index contributed by atoms with van der Waals surface area (Å²) in [6.45, 7) is 0. The quantitative estimate of drug-likeness (QED) is 0.783. The van der Waals surface area contributed by atoms with E-state index in [0.29, 0.717) is 12.8 Å². The topological polar surface area (TPSA) is 47.6 Å². The summed E-state index contributed by atoms with van der Waals surface area (Å²) >= 11 is 0. The van der Waals surface area contributed by atoms with Gasteiger partial charge in [-0.15, -0.1) is 0 Å². The van der Waals surface area contributed by atoms with Gasteiger partial charge < -0.3 is 0 Å². The molecule has 2 rings (SSSR count). The van der Waals surface area contributed by atoms with Crippen LogP contribution in [-0.4, -0.2) is 0 Å². The van der Waals surface area contributed by atoms with E-state index < -0.39 is 0 Å². The highest BCUT2D eigenvalue weighted by molar-refractivity contribution is 5.44. The molecule has 0 aliphatic rings. The average molecular weight is 258 g/mol. The van der Waals surface area contributed by atoms with E-state index in [2.05, 4.69) is 0 Å². The molecular weight excluding hydrogens is 244 g/mol. The highest BCUT2D eigenvalue weighted by Gasteiger charge is 2.08. The van der Waals surface area contributed by atoms with E-state index in [1.165, 1.54) is 0 Å². The molecule has 0 atom stereocenters. The van der Waals surface area contributed by atoms with Gasteiger partial charge in [-0.05, 0) is 29.5 Å². The van der Waals surface area contributed by atoms with Gasteiger partial charge >= 0.3 is 0 Å². The Morgan fingerprint density at radius 3 is 1.45 bits per heavy atom. The van der Waals surface area contributed by atoms with Crippen LogP contribution in [0.1, 0.15) is 11.1 Å². The molecule has 0 fully saturated rings. The predicted octanol–water partition coefficient (Wildman–Crippen LogP) is 3.82. The lowest BCUT2D eigenvalue weighted by molar-refractivity contribution is 1.02. The minimum Gasteiger partial charge on any atom is -0.192 e. The number of benzene rings is 2. The van der Waals surface area contributed by atoms with Gasteiger partial charge in [-0.3, -0.25) is 0 Å².